The first-order valence-corrected chi connectivity index (χ1v) is 8.92. The van der Waals surface area contributed by atoms with Crippen molar-refractivity contribution in [1.29, 1.82) is 0 Å². The van der Waals surface area contributed by atoms with Crippen molar-refractivity contribution in [2.45, 2.75) is 23.4 Å². The first kappa shape index (κ1) is 20.1. The fraction of sp³-hybridized carbons (Fsp3) is 0.200. The quantitative estimate of drug-likeness (QED) is 0.652. The van der Waals surface area contributed by atoms with E-state index in [1.54, 1.807) is 0 Å². The summed E-state index contributed by atoms with van der Waals surface area (Å²) in [6.07, 6.45) is -6.47. The first-order valence-electron chi connectivity index (χ1n) is 7.44. The Hall–Kier alpha value is -2.67. The summed E-state index contributed by atoms with van der Waals surface area (Å²) in [6, 6.07) is 0.618. The molecule has 150 valence electrons. The second-order valence-electron chi connectivity index (χ2n) is 5.60. The second kappa shape index (κ2) is 6.74. The van der Waals surface area contributed by atoms with Gasteiger partial charge in [0.25, 0.3) is 10.0 Å². The van der Waals surface area contributed by atoms with Gasteiger partial charge in [-0.2, -0.15) is 31.1 Å². The predicted octanol–water partition coefficient (Wildman–Crippen LogP) is 3.33. The maximum absolute atomic E-state index is 13.4. The van der Waals surface area contributed by atoms with Gasteiger partial charge in [0.05, 0.1) is 11.8 Å². The van der Waals surface area contributed by atoms with E-state index in [1.165, 1.54) is 23.2 Å². The van der Waals surface area contributed by atoms with Crippen LogP contribution in [0.2, 0.25) is 0 Å². The first-order chi connectivity index (χ1) is 12.9. The standard InChI is InChI=1S/C15H10F6N4O2S/c16-14(17,18)10-4-2-9(3-5-10)12(15(19,20)21)24-28(26,27)11-8-23-13-22-6-1-7-25(11)13/h1-8,12,24H/t12-/m1/s1. The number of imidazole rings is 1. The third kappa shape index (κ3) is 3.94. The number of hydrogen-bond acceptors (Lipinski definition) is 4. The maximum Gasteiger partial charge on any atom is 0.416 e. The molecule has 0 radical (unpaired) electrons. The molecule has 0 aliphatic carbocycles. The summed E-state index contributed by atoms with van der Waals surface area (Å²) in [7, 11) is -4.74. The van der Waals surface area contributed by atoms with E-state index >= 15 is 0 Å². The number of rotatable bonds is 4. The third-order valence-corrected chi connectivity index (χ3v) is 5.10. The highest BCUT2D eigenvalue weighted by Crippen LogP contribution is 2.36. The molecule has 0 bridgehead atoms. The van der Waals surface area contributed by atoms with Crippen LogP contribution < -0.4 is 4.72 Å². The molecule has 0 fully saturated rings. The normalized spacial score (nSPS) is 14.4. The Morgan fingerprint density at radius 1 is 1.00 bits per heavy atom. The second-order valence-corrected chi connectivity index (χ2v) is 7.26. The minimum atomic E-state index is -5.11. The van der Waals surface area contributed by atoms with E-state index in [4.69, 9.17) is 0 Å². The van der Waals surface area contributed by atoms with Crippen molar-refractivity contribution in [3.8, 4) is 0 Å². The third-order valence-electron chi connectivity index (χ3n) is 3.70. The van der Waals surface area contributed by atoms with E-state index in [9.17, 15) is 34.8 Å². The summed E-state index contributed by atoms with van der Waals surface area (Å²) in [5.74, 6) is -0.0547. The lowest BCUT2D eigenvalue weighted by Crippen LogP contribution is -2.38. The van der Waals surface area contributed by atoms with E-state index in [0.717, 1.165) is 10.6 Å². The van der Waals surface area contributed by atoms with Crippen LogP contribution in [0.3, 0.4) is 0 Å². The number of alkyl halides is 6. The van der Waals surface area contributed by atoms with Crippen molar-refractivity contribution >= 4 is 15.8 Å². The summed E-state index contributed by atoms with van der Waals surface area (Å²) in [5, 5.41) is -0.600. The summed E-state index contributed by atoms with van der Waals surface area (Å²) >= 11 is 0. The van der Waals surface area contributed by atoms with Crippen LogP contribution in [-0.4, -0.2) is 29.0 Å². The number of aromatic nitrogens is 3. The fourth-order valence-electron chi connectivity index (χ4n) is 2.41. The van der Waals surface area contributed by atoms with E-state index in [0.29, 0.717) is 24.3 Å². The van der Waals surface area contributed by atoms with Gasteiger partial charge < -0.3 is 0 Å². The van der Waals surface area contributed by atoms with Crippen LogP contribution in [-0.2, 0) is 16.2 Å². The minimum Gasteiger partial charge on any atom is -0.273 e. The highest BCUT2D eigenvalue weighted by atomic mass is 32.2. The van der Waals surface area contributed by atoms with Crippen LogP contribution in [0, 0.1) is 0 Å². The maximum atomic E-state index is 13.4. The summed E-state index contributed by atoms with van der Waals surface area (Å²) in [6.45, 7) is 0. The molecule has 1 atom stereocenters. The van der Waals surface area contributed by atoms with Crippen molar-refractivity contribution in [2.75, 3.05) is 0 Å². The van der Waals surface area contributed by atoms with E-state index in [-0.39, 0.29) is 5.78 Å². The molecule has 13 heteroatoms. The van der Waals surface area contributed by atoms with Crippen molar-refractivity contribution in [1.82, 2.24) is 19.1 Å². The van der Waals surface area contributed by atoms with Crippen molar-refractivity contribution in [3.63, 3.8) is 0 Å². The van der Waals surface area contributed by atoms with Crippen molar-refractivity contribution < 1.29 is 34.8 Å². The van der Waals surface area contributed by atoms with Gasteiger partial charge in [-0.1, -0.05) is 12.1 Å². The predicted molar refractivity (Wildman–Crippen MR) is 83.5 cm³/mol. The van der Waals surface area contributed by atoms with Gasteiger partial charge in [-0.15, -0.1) is 0 Å². The topological polar surface area (TPSA) is 76.4 Å². The Morgan fingerprint density at radius 3 is 2.21 bits per heavy atom. The lowest BCUT2D eigenvalue weighted by atomic mass is 10.1. The molecule has 3 rings (SSSR count). The monoisotopic (exact) mass is 424 g/mol. The number of halogens is 6. The zero-order chi connectivity index (χ0) is 20.7. The smallest absolute Gasteiger partial charge is 0.273 e. The Balaban J connectivity index is 1.99. The Morgan fingerprint density at radius 2 is 1.64 bits per heavy atom. The molecule has 0 saturated carbocycles. The average molecular weight is 424 g/mol. The molecular weight excluding hydrogens is 414 g/mol. The molecule has 0 aliphatic rings. The van der Waals surface area contributed by atoms with Crippen LogP contribution in [0.4, 0.5) is 26.3 Å². The zero-order valence-corrected chi connectivity index (χ0v) is 14.3. The van der Waals surface area contributed by atoms with Crippen LogP contribution in [0.15, 0.2) is 53.9 Å². The molecule has 0 aliphatic heterocycles. The fourth-order valence-corrected chi connectivity index (χ4v) is 3.70. The highest BCUT2D eigenvalue weighted by Gasteiger charge is 2.44. The number of fused-ring (bicyclic) bond motifs is 1. The van der Waals surface area contributed by atoms with Gasteiger partial charge in [-0.05, 0) is 23.8 Å². The Kier molecular flexibility index (Phi) is 4.83. The highest BCUT2D eigenvalue weighted by molar-refractivity contribution is 7.89. The molecule has 1 N–H and O–H groups in total. The Bertz CT molecular complexity index is 1090. The molecular formula is C15H10F6N4O2S. The molecule has 6 nitrogen and oxygen atoms in total. The van der Waals surface area contributed by atoms with Gasteiger partial charge in [0.1, 0.15) is 6.04 Å². The molecule has 2 heterocycles. The average Bonchev–Trinajstić information content (AvgIpc) is 3.03. The molecule has 28 heavy (non-hydrogen) atoms. The Labute approximate surface area is 153 Å². The van der Waals surface area contributed by atoms with Gasteiger partial charge in [0.15, 0.2) is 5.03 Å². The summed E-state index contributed by atoms with van der Waals surface area (Å²) in [4.78, 5) is 7.46. The van der Waals surface area contributed by atoms with E-state index in [1.807, 2.05) is 0 Å². The van der Waals surface area contributed by atoms with Gasteiger partial charge in [0, 0.05) is 12.4 Å². The van der Waals surface area contributed by atoms with Crippen LogP contribution in [0.5, 0.6) is 0 Å². The van der Waals surface area contributed by atoms with Gasteiger partial charge >= 0.3 is 12.4 Å². The number of hydrogen-bond donors (Lipinski definition) is 1. The molecule has 1 aromatic carbocycles. The SMILES string of the molecule is O=S(=O)(N[C@H](c1ccc(C(F)(F)F)cc1)C(F)(F)F)c1cnc2ncccn12. The van der Waals surface area contributed by atoms with E-state index < -0.39 is 44.6 Å². The molecule has 2 aromatic heterocycles. The molecule has 3 aromatic rings. The molecule has 0 spiro atoms. The zero-order valence-electron chi connectivity index (χ0n) is 13.5. The summed E-state index contributed by atoms with van der Waals surface area (Å²) in [5.41, 5.74) is -1.86. The number of sulfonamides is 1. The molecule has 0 amide bonds. The van der Waals surface area contributed by atoms with Crippen molar-refractivity contribution in [3.05, 3.63) is 60.0 Å². The number of nitrogens with zero attached hydrogens (tertiary/aromatic N) is 3. The van der Waals surface area contributed by atoms with Gasteiger partial charge in [-0.25, -0.2) is 18.4 Å². The number of benzene rings is 1. The van der Waals surface area contributed by atoms with E-state index in [2.05, 4.69) is 9.97 Å². The summed E-state index contributed by atoms with van der Waals surface area (Å²) < 4.78 is 106. The van der Waals surface area contributed by atoms with Crippen LogP contribution in [0.1, 0.15) is 17.2 Å². The van der Waals surface area contributed by atoms with Crippen LogP contribution in [0.25, 0.3) is 5.78 Å². The lowest BCUT2D eigenvalue weighted by molar-refractivity contribution is -0.153. The van der Waals surface area contributed by atoms with Crippen LogP contribution >= 0.6 is 0 Å². The van der Waals surface area contributed by atoms with Crippen molar-refractivity contribution in [2.24, 2.45) is 0 Å². The lowest BCUT2D eigenvalue weighted by Gasteiger charge is -2.22. The largest absolute Gasteiger partial charge is 0.416 e. The van der Waals surface area contributed by atoms with Gasteiger partial charge in [0.2, 0.25) is 5.78 Å². The minimum absolute atomic E-state index is 0.0547. The van der Waals surface area contributed by atoms with Gasteiger partial charge in [-0.3, -0.25) is 4.40 Å². The number of nitrogens with one attached hydrogen (secondary N) is 1. The molecule has 0 saturated heterocycles. The molecule has 0 unspecified atom stereocenters.